The van der Waals surface area contributed by atoms with Crippen molar-refractivity contribution >= 4 is 22.5 Å². The van der Waals surface area contributed by atoms with E-state index < -0.39 is 0 Å². The molecule has 0 N–H and O–H groups in total. The van der Waals surface area contributed by atoms with Crippen LogP contribution in [0.4, 0.5) is 0 Å². The molecule has 0 amide bonds. The number of aromatic nitrogens is 4. The summed E-state index contributed by atoms with van der Waals surface area (Å²) >= 11 is 5.84. The molecule has 2 aromatic heterocycles. The van der Waals surface area contributed by atoms with Gasteiger partial charge in [-0.15, -0.1) is 5.10 Å². The Morgan fingerprint density at radius 2 is 2.25 bits per heavy atom. The Labute approximate surface area is 74.2 Å². The molecule has 0 saturated heterocycles. The van der Waals surface area contributed by atoms with Crippen molar-refractivity contribution < 1.29 is 0 Å². The number of fused-ring (bicyclic) bond motifs is 1. The molecule has 0 unspecified atom stereocenters. The van der Waals surface area contributed by atoms with Gasteiger partial charge in [-0.1, -0.05) is 11.6 Å². The van der Waals surface area contributed by atoms with Gasteiger partial charge in [0.05, 0.1) is 11.9 Å². The number of hydrogen-bond acceptors (Lipinski definition) is 3. The SMILES string of the molecule is Cc1nn(C)c2c(Cl)nncc12. The molecule has 12 heavy (non-hydrogen) atoms. The van der Waals surface area contributed by atoms with Gasteiger partial charge in [0.1, 0.15) is 5.52 Å². The summed E-state index contributed by atoms with van der Waals surface area (Å²) in [5, 5.41) is 13.0. The minimum atomic E-state index is 0.399. The van der Waals surface area contributed by atoms with Crippen LogP contribution in [0.5, 0.6) is 0 Å². The molecular weight excluding hydrogens is 176 g/mol. The highest BCUT2D eigenvalue weighted by molar-refractivity contribution is 6.33. The fourth-order valence-corrected chi connectivity index (χ4v) is 1.53. The Balaban J connectivity index is 2.99. The average molecular weight is 183 g/mol. The quantitative estimate of drug-likeness (QED) is 0.617. The number of hydrogen-bond donors (Lipinski definition) is 0. The Hall–Kier alpha value is -1.16. The van der Waals surface area contributed by atoms with Crippen LogP contribution in [-0.4, -0.2) is 20.0 Å². The van der Waals surface area contributed by atoms with E-state index >= 15 is 0 Å². The molecule has 0 aromatic carbocycles. The maximum atomic E-state index is 5.84. The van der Waals surface area contributed by atoms with Crippen molar-refractivity contribution in [3.8, 4) is 0 Å². The predicted molar refractivity (Wildman–Crippen MR) is 46.1 cm³/mol. The monoisotopic (exact) mass is 182 g/mol. The molecule has 5 heteroatoms. The lowest BCUT2D eigenvalue weighted by Crippen LogP contribution is -1.91. The van der Waals surface area contributed by atoms with Gasteiger partial charge in [0.25, 0.3) is 0 Å². The molecule has 0 radical (unpaired) electrons. The molecular formula is C7H7ClN4. The van der Waals surface area contributed by atoms with E-state index in [0.29, 0.717) is 5.15 Å². The number of rotatable bonds is 0. The van der Waals surface area contributed by atoms with Gasteiger partial charge < -0.3 is 0 Å². The first-order chi connectivity index (χ1) is 5.70. The van der Waals surface area contributed by atoms with E-state index in [1.165, 1.54) is 0 Å². The summed E-state index contributed by atoms with van der Waals surface area (Å²) < 4.78 is 1.71. The first kappa shape index (κ1) is 7.49. The van der Waals surface area contributed by atoms with Crippen molar-refractivity contribution in [2.45, 2.75) is 6.92 Å². The second-order valence-corrected chi connectivity index (χ2v) is 2.96. The third-order valence-corrected chi connectivity index (χ3v) is 2.05. The van der Waals surface area contributed by atoms with E-state index in [-0.39, 0.29) is 0 Å². The normalized spacial score (nSPS) is 10.9. The minimum absolute atomic E-state index is 0.399. The zero-order valence-corrected chi connectivity index (χ0v) is 7.50. The fourth-order valence-electron chi connectivity index (χ4n) is 1.26. The van der Waals surface area contributed by atoms with E-state index in [4.69, 9.17) is 11.6 Å². The Bertz CT molecular complexity index is 434. The van der Waals surface area contributed by atoms with Crippen LogP contribution in [0.1, 0.15) is 5.69 Å². The maximum Gasteiger partial charge on any atom is 0.177 e. The second-order valence-electron chi connectivity index (χ2n) is 2.61. The fraction of sp³-hybridized carbons (Fsp3) is 0.286. The molecule has 2 aromatic rings. The lowest BCUT2D eigenvalue weighted by atomic mass is 10.3. The summed E-state index contributed by atoms with van der Waals surface area (Å²) in [6.45, 7) is 1.92. The van der Waals surface area contributed by atoms with E-state index in [1.54, 1.807) is 10.9 Å². The predicted octanol–water partition coefficient (Wildman–Crippen LogP) is 1.33. The van der Waals surface area contributed by atoms with Gasteiger partial charge in [-0.2, -0.15) is 10.2 Å². The van der Waals surface area contributed by atoms with Crippen LogP contribution in [-0.2, 0) is 7.05 Å². The number of nitrogens with zero attached hydrogens (tertiary/aromatic N) is 4. The Morgan fingerprint density at radius 3 is 2.92 bits per heavy atom. The van der Waals surface area contributed by atoms with E-state index in [9.17, 15) is 0 Å². The second kappa shape index (κ2) is 2.42. The van der Waals surface area contributed by atoms with Crippen LogP contribution in [0.2, 0.25) is 5.15 Å². The molecule has 0 fully saturated rings. The summed E-state index contributed by atoms with van der Waals surface area (Å²) in [7, 11) is 1.84. The van der Waals surface area contributed by atoms with E-state index in [1.807, 2.05) is 14.0 Å². The Morgan fingerprint density at radius 1 is 1.50 bits per heavy atom. The third kappa shape index (κ3) is 0.881. The third-order valence-electron chi connectivity index (χ3n) is 1.80. The smallest absolute Gasteiger partial charge is 0.177 e. The molecule has 0 bridgehead atoms. The molecule has 2 rings (SSSR count). The molecule has 62 valence electrons. The highest BCUT2D eigenvalue weighted by Gasteiger charge is 2.08. The number of aryl methyl sites for hydroxylation is 2. The molecule has 0 saturated carbocycles. The van der Waals surface area contributed by atoms with Gasteiger partial charge in [0, 0.05) is 12.4 Å². The molecule has 2 heterocycles. The first-order valence-electron chi connectivity index (χ1n) is 3.50. The van der Waals surface area contributed by atoms with Crippen molar-refractivity contribution in [1.82, 2.24) is 20.0 Å². The molecule has 0 aliphatic rings. The highest BCUT2D eigenvalue weighted by Crippen LogP contribution is 2.21. The highest BCUT2D eigenvalue weighted by atomic mass is 35.5. The standard InChI is InChI=1S/C7H7ClN4/c1-4-5-3-9-10-7(8)6(5)12(2)11-4/h3H,1-2H3. The lowest BCUT2D eigenvalue weighted by Gasteiger charge is -1.93. The van der Waals surface area contributed by atoms with Crippen LogP contribution in [0.25, 0.3) is 10.9 Å². The topological polar surface area (TPSA) is 43.6 Å². The van der Waals surface area contributed by atoms with Gasteiger partial charge in [0.15, 0.2) is 5.15 Å². The van der Waals surface area contributed by atoms with Gasteiger partial charge in [-0.05, 0) is 6.92 Å². The summed E-state index contributed by atoms with van der Waals surface area (Å²) in [5.74, 6) is 0. The van der Waals surface area contributed by atoms with Gasteiger partial charge in [-0.25, -0.2) is 0 Å². The molecule has 0 spiro atoms. The molecule has 4 nitrogen and oxygen atoms in total. The van der Waals surface area contributed by atoms with Crippen molar-refractivity contribution in [2.75, 3.05) is 0 Å². The molecule has 0 atom stereocenters. The van der Waals surface area contributed by atoms with Crippen LogP contribution in [0.15, 0.2) is 6.20 Å². The van der Waals surface area contributed by atoms with Gasteiger partial charge in [-0.3, -0.25) is 4.68 Å². The van der Waals surface area contributed by atoms with Crippen molar-refractivity contribution in [3.63, 3.8) is 0 Å². The lowest BCUT2D eigenvalue weighted by molar-refractivity contribution is 0.781. The van der Waals surface area contributed by atoms with Crippen LogP contribution >= 0.6 is 11.6 Å². The average Bonchev–Trinajstić information content (AvgIpc) is 2.29. The van der Waals surface area contributed by atoms with Gasteiger partial charge >= 0.3 is 0 Å². The largest absolute Gasteiger partial charge is 0.264 e. The number of halogens is 1. The summed E-state index contributed by atoms with van der Waals surface area (Å²) in [5.41, 5.74) is 1.76. The summed E-state index contributed by atoms with van der Waals surface area (Å²) in [6, 6.07) is 0. The molecule has 0 aliphatic heterocycles. The van der Waals surface area contributed by atoms with Crippen LogP contribution in [0, 0.1) is 6.92 Å². The zero-order chi connectivity index (χ0) is 8.72. The first-order valence-corrected chi connectivity index (χ1v) is 3.88. The van der Waals surface area contributed by atoms with Gasteiger partial charge in [0.2, 0.25) is 0 Å². The summed E-state index contributed by atoms with van der Waals surface area (Å²) in [6.07, 6.45) is 1.67. The van der Waals surface area contributed by atoms with Crippen molar-refractivity contribution in [2.24, 2.45) is 7.05 Å². The van der Waals surface area contributed by atoms with Crippen LogP contribution < -0.4 is 0 Å². The Kier molecular flexibility index (Phi) is 1.51. The summed E-state index contributed by atoms with van der Waals surface area (Å²) in [4.78, 5) is 0. The van der Waals surface area contributed by atoms with Crippen molar-refractivity contribution in [3.05, 3.63) is 17.0 Å². The van der Waals surface area contributed by atoms with Crippen LogP contribution in [0.3, 0.4) is 0 Å². The zero-order valence-electron chi connectivity index (χ0n) is 6.74. The molecule has 0 aliphatic carbocycles. The maximum absolute atomic E-state index is 5.84. The minimum Gasteiger partial charge on any atom is -0.264 e. The van der Waals surface area contributed by atoms with E-state index in [2.05, 4.69) is 15.3 Å². The van der Waals surface area contributed by atoms with Crippen molar-refractivity contribution in [1.29, 1.82) is 0 Å². The van der Waals surface area contributed by atoms with E-state index in [0.717, 1.165) is 16.6 Å².